The van der Waals surface area contributed by atoms with Gasteiger partial charge in [0, 0.05) is 12.6 Å². The van der Waals surface area contributed by atoms with Gasteiger partial charge in [-0.05, 0) is 43.9 Å². The van der Waals surface area contributed by atoms with Crippen LogP contribution in [0.2, 0.25) is 0 Å². The lowest BCUT2D eigenvalue weighted by molar-refractivity contribution is -0.123. The van der Waals surface area contributed by atoms with Crippen LogP contribution in [0.5, 0.6) is 0 Å². The van der Waals surface area contributed by atoms with Crippen molar-refractivity contribution in [1.82, 2.24) is 10.6 Å². The molecular formula is C16H29ClN2O. The van der Waals surface area contributed by atoms with E-state index in [0.717, 1.165) is 24.8 Å². The van der Waals surface area contributed by atoms with E-state index in [2.05, 4.69) is 10.6 Å². The number of hydrogen-bond donors (Lipinski definition) is 2. The molecule has 0 radical (unpaired) electrons. The first-order valence-electron chi connectivity index (χ1n) is 8.36. The molecule has 2 saturated carbocycles. The summed E-state index contributed by atoms with van der Waals surface area (Å²) in [5, 5.41) is 6.77. The largest absolute Gasteiger partial charge is 0.354 e. The lowest BCUT2D eigenvalue weighted by Crippen LogP contribution is -2.44. The predicted octanol–water partition coefficient (Wildman–Crippen LogP) is 3.03. The highest BCUT2D eigenvalue weighted by Gasteiger charge is 2.38. The Morgan fingerprint density at radius 3 is 2.45 bits per heavy atom. The normalized spacial score (nSPS) is 34.1. The Hall–Kier alpha value is -0.280. The molecule has 0 bridgehead atoms. The molecule has 2 N–H and O–H groups in total. The fourth-order valence-electron chi connectivity index (χ4n) is 4.28. The van der Waals surface area contributed by atoms with Gasteiger partial charge in [-0.15, -0.1) is 12.4 Å². The van der Waals surface area contributed by atoms with Gasteiger partial charge in [-0.3, -0.25) is 4.79 Å². The first-order valence-corrected chi connectivity index (χ1v) is 8.36. The number of carbonyl (C=O) groups is 1. The molecule has 0 spiro atoms. The molecule has 1 heterocycles. The summed E-state index contributed by atoms with van der Waals surface area (Å²) in [6.07, 6.45) is 13.1. The minimum atomic E-state index is 0. The molecule has 0 aromatic rings. The summed E-state index contributed by atoms with van der Waals surface area (Å²) in [5.74, 6) is 1.76. The molecule has 3 rings (SSSR count). The van der Waals surface area contributed by atoms with Crippen LogP contribution in [0.15, 0.2) is 0 Å². The van der Waals surface area contributed by atoms with Gasteiger partial charge in [-0.2, -0.15) is 0 Å². The van der Waals surface area contributed by atoms with Crippen molar-refractivity contribution in [3.05, 3.63) is 0 Å². The molecule has 3 unspecified atom stereocenters. The van der Waals surface area contributed by atoms with Crippen LogP contribution < -0.4 is 10.6 Å². The number of nitrogens with one attached hydrogen (secondary N) is 2. The van der Waals surface area contributed by atoms with E-state index in [1.165, 1.54) is 57.8 Å². The summed E-state index contributed by atoms with van der Waals surface area (Å²) in [4.78, 5) is 12.3. The maximum Gasteiger partial charge on any atom is 0.237 e. The molecule has 4 heteroatoms. The van der Waals surface area contributed by atoms with E-state index in [1.54, 1.807) is 0 Å². The van der Waals surface area contributed by atoms with E-state index in [1.807, 2.05) is 0 Å². The van der Waals surface area contributed by atoms with Crippen molar-refractivity contribution in [3.63, 3.8) is 0 Å². The molecule has 116 valence electrons. The highest BCUT2D eigenvalue weighted by atomic mass is 35.5. The van der Waals surface area contributed by atoms with Crippen molar-refractivity contribution < 1.29 is 4.79 Å². The van der Waals surface area contributed by atoms with Gasteiger partial charge in [-0.25, -0.2) is 0 Å². The van der Waals surface area contributed by atoms with Crippen LogP contribution in [0.25, 0.3) is 0 Å². The Morgan fingerprint density at radius 2 is 1.70 bits per heavy atom. The maximum absolute atomic E-state index is 12.3. The second-order valence-electron chi connectivity index (χ2n) is 6.86. The van der Waals surface area contributed by atoms with Crippen molar-refractivity contribution in [3.8, 4) is 0 Å². The Bertz CT molecular complexity index is 304. The lowest BCUT2D eigenvalue weighted by Gasteiger charge is -2.24. The van der Waals surface area contributed by atoms with Gasteiger partial charge in [0.2, 0.25) is 5.91 Å². The number of hydrogen-bond acceptors (Lipinski definition) is 2. The molecule has 3 fully saturated rings. The van der Waals surface area contributed by atoms with E-state index in [4.69, 9.17) is 0 Å². The smallest absolute Gasteiger partial charge is 0.237 e. The van der Waals surface area contributed by atoms with Crippen molar-refractivity contribution in [2.45, 2.75) is 76.3 Å². The minimum absolute atomic E-state index is 0. The molecular weight excluding hydrogens is 272 g/mol. The summed E-state index contributed by atoms with van der Waals surface area (Å²) in [5.41, 5.74) is 0. The summed E-state index contributed by atoms with van der Waals surface area (Å²) in [6.45, 7) is 0.909. The molecule has 1 amide bonds. The highest BCUT2D eigenvalue weighted by Crippen LogP contribution is 2.33. The summed E-state index contributed by atoms with van der Waals surface area (Å²) >= 11 is 0. The van der Waals surface area contributed by atoms with Gasteiger partial charge in [0.1, 0.15) is 0 Å². The van der Waals surface area contributed by atoms with Gasteiger partial charge in [0.15, 0.2) is 0 Å². The zero-order chi connectivity index (χ0) is 13.1. The van der Waals surface area contributed by atoms with E-state index in [0.29, 0.717) is 6.04 Å². The van der Waals surface area contributed by atoms with Crippen LogP contribution in [0.4, 0.5) is 0 Å². The molecule has 0 aromatic carbocycles. The molecule has 20 heavy (non-hydrogen) atoms. The monoisotopic (exact) mass is 300 g/mol. The molecule has 3 atom stereocenters. The molecule has 3 aliphatic rings. The SMILES string of the molecule is Cl.O=C(NCC1CCCCC1)C1CC2CCCCC2N1. The van der Waals surface area contributed by atoms with E-state index >= 15 is 0 Å². The standard InChI is InChI=1S/C16H28N2O.ClH/c19-16(17-11-12-6-2-1-3-7-12)15-10-13-8-4-5-9-14(13)18-15;/h12-15,18H,1-11H2,(H,17,19);1H. The minimum Gasteiger partial charge on any atom is -0.354 e. The fourth-order valence-corrected chi connectivity index (χ4v) is 4.28. The third kappa shape index (κ3) is 3.88. The van der Waals surface area contributed by atoms with Crippen molar-refractivity contribution >= 4 is 18.3 Å². The van der Waals surface area contributed by atoms with Crippen LogP contribution in [-0.2, 0) is 4.79 Å². The third-order valence-electron chi connectivity index (χ3n) is 5.47. The predicted molar refractivity (Wildman–Crippen MR) is 84.1 cm³/mol. The second kappa shape index (κ2) is 7.65. The Balaban J connectivity index is 0.00000147. The van der Waals surface area contributed by atoms with Crippen LogP contribution in [-0.4, -0.2) is 24.5 Å². The molecule has 0 aromatic heterocycles. The number of rotatable bonds is 3. The fraction of sp³-hybridized carbons (Fsp3) is 0.938. The number of halogens is 1. The van der Waals surface area contributed by atoms with Crippen LogP contribution >= 0.6 is 12.4 Å². The first kappa shape index (κ1) is 16.1. The maximum atomic E-state index is 12.3. The summed E-state index contributed by atoms with van der Waals surface area (Å²) in [7, 11) is 0. The number of fused-ring (bicyclic) bond motifs is 1. The van der Waals surface area contributed by atoms with Gasteiger partial charge in [-0.1, -0.05) is 32.1 Å². The highest BCUT2D eigenvalue weighted by molar-refractivity contribution is 5.85. The van der Waals surface area contributed by atoms with Gasteiger partial charge >= 0.3 is 0 Å². The zero-order valence-corrected chi connectivity index (χ0v) is 13.2. The van der Waals surface area contributed by atoms with Gasteiger partial charge in [0.25, 0.3) is 0 Å². The van der Waals surface area contributed by atoms with Crippen molar-refractivity contribution in [2.24, 2.45) is 11.8 Å². The second-order valence-corrected chi connectivity index (χ2v) is 6.86. The van der Waals surface area contributed by atoms with Crippen LogP contribution in [0, 0.1) is 11.8 Å². The van der Waals surface area contributed by atoms with E-state index < -0.39 is 0 Å². The third-order valence-corrected chi connectivity index (χ3v) is 5.47. The Morgan fingerprint density at radius 1 is 1.00 bits per heavy atom. The van der Waals surface area contributed by atoms with Crippen LogP contribution in [0.1, 0.15) is 64.2 Å². The van der Waals surface area contributed by atoms with E-state index in [9.17, 15) is 4.79 Å². The molecule has 2 aliphatic carbocycles. The lowest BCUT2D eigenvalue weighted by atomic mass is 9.85. The summed E-state index contributed by atoms with van der Waals surface area (Å²) in [6, 6.07) is 0.718. The van der Waals surface area contributed by atoms with Crippen molar-refractivity contribution in [2.75, 3.05) is 6.54 Å². The van der Waals surface area contributed by atoms with Crippen molar-refractivity contribution in [1.29, 1.82) is 0 Å². The summed E-state index contributed by atoms with van der Waals surface area (Å²) < 4.78 is 0. The number of amides is 1. The number of carbonyl (C=O) groups excluding carboxylic acids is 1. The van der Waals surface area contributed by atoms with Gasteiger partial charge < -0.3 is 10.6 Å². The average Bonchev–Trinajstić information content (AvgIpc) is 2.90. The molecule has 1 saturated heterocycles. The average molecular weight is 301 g/mol. The van der Waals surface area contributed by atoms with Crippen LogP contribution in [0.3, 0.4) is 0 Å². The Kier molecular flexibility index (Phi) is 6.16. The van der Waals surface area contributed by atoms with Gasteiger partial charge in [0.05, 0.1) is 6.04 Å². The topological polar surface area (TPSA) is 41.1 Å². The first-order chi connectivity index (χ1) is 9.33. The quantitative estimate of drug-likeness (QED) is 0.841. The molecule has 1 aliphatic heterocycles. The molecule has 3 nitrogen and oxygen atoms in total. The Labute approximate surface area is 129 Å². The zero-order valence-electron chi connectivity index (χ0n) is 12.4. The van der Waals surface area contributed by atoms with E-state index in [-0.39, 0.29) is 24.4 Å².